The normalized spacial score (nSPS) is 13.9. The molecule has 0 fully saturated rings. The van der Waals surface area contributed by atoms with Crippen molar-refractivity contribution in [2.24, 2.45) is 10.8 Å². The molecule has 1 aromatic rings. The lowest BCUT2D eigenvalue weighted by molar-refractivity contribution is -0.131. The zero-order chi connectivity index (χ0) is 15.6. The van der Waals surface area contributed by atoms with E-state index in [2.05, 4.69) is 53.7 Å². The number of hydrogen-bond donors (Lipinski definition) is 0. The molecule has 0 bridgehead atoms. The molecule has 0 amide bonds. The molecule has 0 spiro atoms. The van der Waals surface area contributed by atoms with E-state index in [-0.39, 0.29) is 16.8 Å². The third kappa shape index (κ3) is 5.36. The van der Waals surface area contributed by atoms with Gasteiger partial charge in [-0.05, 0) is 40.9 Å². The van der Waals surface area contributed by atoms with Gasteiger partial charge < -0.3 is 4.74 Å². The Morgan fingerprint density at radius 2 is 1.55 bits per heavy atom. The predicted molar refractivity (Wildman–Crippen MR) is 84.0 cm³/mol. The molecular weight excluding hydrogens is 248 g/mol. The van der Waals surface area contributed by atoms with Crippen LogP contribution in [0.15, 0.2) is 24.3 Å². The molecule has 20 heavy (non-hydrogen) atoms. The molecule has 1 atom stereocenters. The van der Waals surface area contributed by atoms with Crippen LogP contribution in [0.4, 0.5) is 0 Å². The monoisotopic (exact) mass is 276 g/mol. The molecule has 2 heteroatoms. The van der Waals surface area contributed by atoms with Gasteiger partial charge in [0.1, 0.15) is 5.75 Å². The number of rotatable bonds is 3. The van der Waals surface area contributed by atoms with Crippen molar-refractivity contribution in [3.05, 3.63) is 29.8 Å². The van der Waals surface area contributed by atoms with E-state index < -0.39 is 0 Å². The highest BCUT2D eigenvalue weighted by atomic mass is 16.5. The van der Waals surface area contributed by atoms with Gasteiger partial charge >= 0.3 is 5.97 Å². The fraction of sp³-hybridized carbons (Fsp3) is 0.611. The molecule has 0 heterocycles. The highest BCUT2D eigenvalue weighted by Crippen LogP contribution is 2.43. The molecule has 0 radical (unpaired) electrons. The Hall–Kier alpha value is -1.31. The topological polar surface area (TPSA) is 26.3 Å². The van der Waals surface area contributed by atoms with Crippen LogP contribution in [0.1, 0.15) is 66.4 Å². The molecule has 0 aliphatic carbocycles. The van der Waals surface area contributed by atoms with E-state index in [4.69, 9.17) is 4.74 Å². The third-order valence-electron chi connectivity index (χ3n) is 3.41. The Labute approximate surface area is 123 Å². The van der Waals surface area contributed by atoms with Crippen LogP contribution in [0.3, 0.4) is 0 Å². The Morgan fingerprint density at radius 3 is 1.90 bits per heavy atom. The summed E-state index contributed by atoms with van der Waals surface area (Å²) in [7, 11) is 0. The summed E-state index contributed by atoms with van der Waals surface area (Å²) < 4.78 is 5.10. The Kier molecular flexibility index (Phi) is 5.01. The van der Waals surface area contributed by atoms with Crippen LogP contribution in [-0.4, -0.2) is 5.97 Å². The fourth-order valence-corrected chi connectivity index (χ4v) is 2.47. The molecule has 2 nitrogen and oxygen atoms in total. The summed E-state index contributed by atoms with van der Waals surface area (Å²) in [5, 5.41) is 0. The molecular formula is C18H28O2. The number of esters is 1. The minimum Gasteiger partial charge on any atom is -0.427 e. The minimum atomic E-state index is -0.278. The van der Waals surface area contributed by atoms with Crippen LogP contribution >= 0.6 is 0 Å². The number of hydrogen-bond acceptors (Lipinski definition) is 2. The van der Waals surface area contributed by atoms with E-state index >= 15 is 0 Å². The lowest BCUT2D eigenvalue weighted by atomic mass is 9.69. The van der Waals surface area contributed by atoms with Gasteiger partial charge in [-0.25, -0.2) is 0 Å². The molecule has 0 saturated heterocycles. The summed E-state index contributed by atoms with van der Waals surface area (Å²) in [6.07, 6.45) is 1.13. The smallest absolute Gasteiger partial charge is 0.308 e. The Bertz CT molecular complexity index is 444. The number of benzene rings is 1. The maximum absolute atomic E-state index is 11.0. The average molecular weight is 276 g/mol. The number of carbonyl (C=O) groups is 1. The summed E-state index contributed by atoms with van der Waals surface area (Å²) in [6, 6.07) is 7.94. The first-order valence-electron chi connectivity index (χ1n) is 7.27. The second kappa shape index (κ2) is 5.99. The molecule has 1 rings (SSSR count). The predicted octanol–water partition coefficient (Wildman–Crippen LogP) is 5.18. The van der Waals surface area contributed by atoms with Gasteiger partial charge in [0.05, 0.1) is 0 Å². The molecule has 0 aliphatic rings. The second-order valence-electron chi connectivity index (χ2n) is 7.85. The zero-order valence-electron chi connectivity index (χ0n) is 13.9. The Morgan fingerprint density at radius 1 is 1.05 bits per heavy atom. The fourth-order valence-electron chi connectivity index (χ4n) is 2.47. The first-order valence-corrected chi connectivity index (χ1v) is 7.27. The SMILES string of the molecule is CC(=O)Oc1ccc([C@@H](CC(C)(C)C)C(C)(C)C)cc1. The van der Waals surface area contributed by atoms with Crippen molar-refractivity contribution in [1.82, 2.24) is 0 Å². The van der Waals surface area contributed by atoms with Gasteiger partial charge in [0.15, 0.2) is 0 Å². The van der Waals surface area contributed by atoms with Gasteiger partial charge in [-0.1, -0.05) is 53.7 Å². The average Bonchev–Trinajstić information content (AvgIpc) is 2.24. The lowest BCUT2D eigenvalue weighted by Gasteiger charge is -2.36. The summed E-state index contributed by atoms with van der Waals surface area (Å²) in [6.45, 7) is 15.1. The van der Waals surface area contributed by atoms with Crippen molar-refractivity contribution in [2.45, 2.75) is 60.8 Å². The Balaban J connectivity index is 3.00. The van der Waals surface area contributed by atoms with Crippen molar-refractivity contribution in [1.29, 1.82) is 0 Å². The quantitative estimate of drug-likeness (QED) is 0.562. The molecule has 112 valence electrons. The summed E-state index contributed by atoms with van der Waals surface area (Å²) in [4.78, 5) is 11.0. The van der Waals surface area contributed by atoms with E-state index in [1.807, 2.05) is 12.1 Å². The van der Waals surface area contributed by atoms with Crippen molar-refractivity contribution < 1.29 is 9.53 Å². The standard InChI is InChI=1S/C18H28O2/c1-13(19)20-15-10-8-14(9-11-15)16(18(5,6)7)12-17(2,3)4/h8-11,16H,12H2,1-7H3/t16-/m1/s1. The molecule has 1 aromatic carbocycles. The largest absolute Gasteiger partial charge is 0.427 e. The van der Waals surface area contributed by atoms with Gasteiger partial charge in [-0.15, -0.1) is 0 Å². The van der Waals surface area contributed by atoms with Gasteiger partial charge in [-0.3, -0.25) is 4.79 Å². The van der Waals surface area contributed by atoms with Gasteiger partial charge in [0, 0.05) is 6.92 Å². The van der Waals surface area contributed by atoms with Gasteiger partial charge in [0.2, 0.25) is 0 Å². The zero-order valence-corrected chi connectivity index (χ0v) is 13.9. The van der Waals surface area contributed by atoms with E-state index in [0.717, 1.165) is 6.42 Å². The van der Waals surface area contributed by atoms with Crippen molar-refractivity contribution in [3.8, 4) is 5.75 Å². The molecule has 0 saturated carbocycles. The van der Waals surface area contributed by atoms with Crippen molar-refractivity contribution >= 4 is 5.97 Å². The van der Waals surface area contributed by atoms with E-state index in [0.29, 0.717) is 11.7 Å². The maximum Gasteiger partial charge on any atom is 0.308 e. The van der Waals surface area contributed by atoms with Crippen LogP contribution in [0.25, 0.3) is 0 Å². The first kappa shape index (κ1) is 16.7. The summed E-state index contributed by atoms with van der Waals surface area (Å²) in [5.74, 6) is 0.818. The maximum atomic E-state index is 11.0. The third-order valence-corrected chi connectivity index (χ3v) is 3.41. The summed E-state index contributed by atoms with van der Waals surface area (Å²) in [5.41, 5.74) is 1.80. The van der Waals surface area contributed by atoms with E-state index in [9.17, 15) is 4.79 Å². The van der Waals surface area contributed by atoms with Crippen molar-refractivity contribution in [3.63, 3.8) is 0 Å². The second-order valence-corrected chi connectivity index (χ2v) is 7.85. The molecule has 0 unspecified atom stereocenters. The van der Waals surface area contributed by atoms with Crippen LogP contribution in [0.2, 0.25) is 0 Å². The highest BCUT2D eigenvalue weighted by Gasteiger charge is 2.30. The van der Waals surface area contributed by atoms with Crippen LogP contribution in [0, 0.1) is 10.8 Å². The van der Waals surface area contributed by atoms with Gasteiger partial charge in [-0.2, -0.15) is 0 Å². The molecule has 0 N–H and O–H groups in total. The van der Waals surface area contributed by atoms with Crippen LogP contribution in [-0.2, 0) is 4.79 Å². The van der Waals surface area contributed by atoms with Crippen LogP contribution < -0.4 is 4.74 Å². The number of ether oxygens (including phenoxy) is 1. The minimum absolute atomic E-state index is 0.205. The number of carbonyl (C=O) groups excluding carboxylic acids is 1. The summed E-state index contributed by atoms with van der Waals surface area (Å²) >= 11 is 0. The molecule has 0 aliphatic heterocycles. The van der Waals surface area contributed by atoms with Crippen molar-refractivity contribution in [2.75, 3.05) is 0 Å². The van der Waals surface area contributed by atoms with E-state index in [1.165, 1.54) is 12.5 Å². The molecule has 0 aromatic heterocycles. The van der Waals surface area contributed by atoms with Gasteiger partial charge in [0.25, 0.3) is 0 Å². The van der Waals surface area contributed by atoms with Crippen LogP contribution in [0.5, 0.6) is 5.75 Å². The lowest BCUT2D eigenvalue weighted by Crippen LogP contribution is -2.23. The first-order chi connectivity index (χ1) is 8.99. The van der Waals surface area contributed by atoms with E-state index in [1.54, 1.807) is 0 Å². The highest BCUT2D eigenvalue weighted by molar-refractivity contribution is 5.69.